The number of methoxy groups -OCH3 is 1. The second-order valence-corrected chi connectivity index (χ2v) is 5.33. The Kier molecular flexibility index (Phi) is 8.57. The quantitative estimate of drug-likeness (QED) is 0.753. The number of ether oxygens (including phenoxy) is 2. The Labute approximate surface area is 137 Å². The van der Waals surface area contributed by atoms with E-state index in [-0.39, 0.29) is 0 Å². The summed E-state index contributed by atoms with van der Waals surface area (Å²) in [5, 5.41) is 5.30. The van der Waals surface area contributed by atoms with Gasteiger partial charge in [-0.05, 0) is 24.5 Å². The number of rotatable bonds is 8. The lowest BCUT2D eigenvalue weighted by atomic mass is 10.00. The second kappa shape index (κ2) is 10.5. The molecule has 1 aromatic carbocycles. The molecule has 0 spiro atoms. The summed E-state index contributed by atoms with van der Waals surface area (Å²) in [7, 11) is 1.28. The molecule has 1 atom stereocenters. The van der Waals surface area contributed by atoms with Crippen LogP contribution in [-0.2, 0) is 4.74 Å². The van der Waals surface area contributed by atoms with Crippen LogP contribution in [0.5, 0.6) is 5.75 Å². The van der Waals surface area contributed by atoms with Crippen LogP contribution >= 0.6 is 0 Å². The summed E-state index contributed by atoms with van der Waals surface area (Å²) >= 11 is 0. The van der Waals surface area contributed by atoms with Crippen molar-refractivity contribution in [2.75, 3.05) is 19.0 Å². The predicted octanol–water partition coefficient (Wildman–Crippen LogP) is 4.17. The van der Waals surface area contributed by atoms with Crippen LogP contribution in [0.25, 0.3) is 0 Å². The van der Waals surface area contributed by atoms with Crippen molar-refractivity contribution in [1.29, 1.82) is 0 Å². The molecule has 1 rings (SSSR count). The molecule has 0 bridgehead atoms. The van der Waals surface area contributed by atoms with Crippen molar-refractivity contribution < 1.29 is 19.1 Å². The van der Waals surface area contributed by atoms with Crippen molar-refractivity contribution in [2.45, 2.75) is 39.5 Å². The lowest BCUT2D eigenvalue weighted by Crippen LogP contribution is -2.31. The van der Waals surface area contributed by atoms with Gasteiger partial charge in [-0.25, -0.2) is 9.59 Å². The zero-order valence-electron chi connectivity index (χ0n) is 14.1. The van der Waals surface area contributed by atoms with Crippen molar-refractivity contribution in [1.82, 2.24) is 5.32 Å². The van der Waals surface area contributed by atoms with Gasteiger partial charge >= 0.3 is 12.2 Å². The Morgan fingerprint density at radius 2 is 2.00 bits per heavy atom. The predicted molar refractivity (Wildman–Crippen MR) is 89.8 cm³/mol. The first-order valence-electron chi connectivity index (χ1n) is 7.99. The summed E-state index contributed by atoms with van der Waals surface area (Å²) < 4.78 is 9.74. The van der Waals surface area contributed by atoms with Gasteiger partial charge in [-0.1, -0.05) is 39.2 Å². The fourth-order valence-corrected chi connectivity index (χ4v) is 2.12. The number of nitrogens with one attached hydrogen (secondary N) is 2. The number of anilines is 1. The van der Waals surface area contributed by atoms with E-state index in [0.717, 1.165) is 25.7 Å². The van der Waals surface area contributed by atoms with Gasteiger partial charge in [0.15, 0.2) is 0 Å². The Balaban J connectivity index is 2.47. The third-order valence-corrected chi connectivity index (χ3v) is 3.55. The molecule has 0 aromatic heterocycles. The molecular weight excluding hydrogens is 296 g/mol. The van der Waals surface area contributed by atoms with Crippen molar-refractivity contribution in [3.05, 3.63) is 24.3 Å². The zero-order chi connectivity index (χ0) is 17.1. The molecule has 2 N–H and O–H groups in total. The van der Waals surface area contributed by atoms with Crippen molar-refractivity contribution >= 4 is 17.9 Å². The standard InChI is InChI=1S/C17H26N2O4/c1-4-6-8-13(5-2)12-18-16(20)23-15-10-7-9-14(11-15)19-17(21)22-3/h7,9-11,13H,4-6,8,12H2,1-3H3,(H,18,20)(H,19,21). The topological polar surface area (TPSA) is 76.7 Å². The molecule has 0 aliphatic rings. The normalized spacial score (nSPS) is 11.4. The van der Waals surface area contributed by atoms with Crippen LogP contribution in [0.1, 0.15) is 39.5 Å². The minimum absolute atomic E-state index is 0.359. The van der Waals surface area contributed by atoms with Gasteiger partial charge in [0, 0.05) is 18.3 Å². The van der Waals surface area contributed by atoms with E-state index < -0.39 is 12.2 Å². The fraction of sp³-hybridized carbons (Fsp3) is 0.529. The molecule has 2 amide bonds. The maximum atomic E-state index is 11.9. The number of benzene rings is 1. The first-order chi connectivity index (χ1) is 11.1. The van der Waals surface area contributed by atoms with Crippen molar-refractivity contribution in [3.63, 3.8) is 0 Å². The summed E-state index contributed by atoms with van der Waals surface area (Å²) in [6.07, 6.45) is 3.38. The monoisotopic (exact) mass is 322 g/mol. The van der Waals surface area contributed by atoms with Crippen molar-refractivity contribution in [3.8, 4) is 5.75 Å². The van der Waals surface area contributed by atoms with E-state index in [1.165, 1.54) is 7.11 Å². The van der Waals surface area contributed by atoms with E-state index in [0.29, 0.717) is 23.9 Å². The number of carbonyl (C=O) groups is 2. The smallest absolute Gasteiger partial charge is 0.412 e. The first-order valence-corrected chi connectivity index (χ1v) is 7.99. The summed E-state index contributed by atoms with van der Waals surface area (Å²) in [5.41, 5.74) is 0.497. The SMILES string of the molecule is CCCCC(CC)CNC(=O)Oc1cccc(NC(=O)OC)c1. The molecule has 6 nitrogen and oxygen atoms in total. The number of carbonyl (C=O) groups excluding carboxylic acids is 2. The summed E-state index contributed by atoms with van der Waals surface area (Å²) in [6.45, 7) is 4.88. The van der Waals surface area contributed by atoms with Crippen LogP contribution < -0.4 is 15.4 Å². The van der Waals surface area contributed by atoms with Gasteiger partial charge in [0.2, 0.25) is 0 Å². The number of hydrogen-bond donors (Lipinski definition) is 2. The highest BCUT2D eigenvalue weighted by molar-refractivity contribution is 5.84. The molecule has 0 heterocycles. The van der Waals surface area contributed by atoms with E-state index in [9.17, 15) is 9.59 Å². The van der Waals surface area contributed by atoms with Crippen LogP contribution in [0.3, 0.4) is 0 Å². The van der Waals surface area contributed by atoms with Gasteiger partial charge < -0.3 is 14.8 Å². The van der Waals surface area contributed by atoms with Crippen LogP contribution in [0.4, 0.5) is 15.3 Å². The Bertz CT molecular complexity index is 505. The van der Waals surface area contributed by atoms with Gasteiger partial charge in [-0.3, -0.25) is 5.32 Å². The lowest BCUT2D eigenvalue weighted by molar-refractivity contribution is 0.187. The second-order valence-electron chi connectivity index (χ2n) is 5.33. The molecule has 0 saturated carbocycles. The highest BCUT2D eigenvalue weighted by Crippen LogP contribution is 2.18. The zero-order valence-corrected chi connectivity index (χ0v) is 14.1. The third-order valence-electron chi connectivity index (χ3n) is 3.55. The van der Waals surface area contributed by atoms with Crippen LogP contribution in [-0.4, -0.2) is 25.8 Å². The fourth-order valence-electron chi connectivity index (χ4n) is 2.12. The van der Waals surface area contributed by atoms with Crippen LogP contribution in [0.15, 0.2) is 24.3 Å². The van der Waals surface area contributed by atoms with Gasteiger partial charge in [0.1, 0.15) is 5.75 Å². The Morgan fingerprint density at radius 3 is 2.65 bits per heavy atom. The van der Waals surface area contributed by atoms with E-state index in [2.05, 4.69) is 29.2 Å². The molecule has 0 saturated heterocycles. The minimum atomic E-state index is -0.576. The molecule has 0 radical (unpaired) electrons. The maximum absolute atomic E-state index is 11.9. The number of amides is 2. The first kappa shape index (κ1) is 18.8. The van der Waals surface area contributed by atoms with Gasteiger partial charge in [0.25, 0.3) is 0 Å². The average Bonchev–Trinajstić information content (AvgIpc) is 2.55. The van der Waals surface area contributed by atoms with Gasteiger partial charge in [-0.2, -0.15) is 0 Å². The van der Waals surface area contributed by atoms with E-state index >= 15 is 0 Å². The van der Waals surface area contributed by atoms with Crippen molar-refractivity contribution in [2.24, 2.45) is 5.92 Å². The van der Waals surface area contributed by atoms with Crippen LogP contribution in [0, 0.1) is 5.92 Å². The minimum Gasteiger partial charge on any atom is -0.453 e. The van der Waals surface area contributed by atoms with E-state index in [1.54, 1.807) is 24.3 Å². The molecule has 128 valence electrons. The molecule has 0 aliphatic heterocycles. The molecule has 23 heavy (non-hydrogen) atoms. The molecule has 0 fully saturated rings. The number of hydrogen-bond acceptors (Lipinski definition) is 4. The third kappa shape index (κ3) is 7.54. The van der Waals surface area contributed by atoms with E-state index in [4.69, 9.17) is 4.74 Å². The molecule has 1 unspecified atom stereocenters. The molecular formula is C17H26N2O4. The highest BCUT2D eigenvalue weighted by Gasteiger charge is 2.10. The Hall–Kier alpha value is -2.24. The summed E-state index contributed by atoms with van der Waals surface area (Å²) in [4.78, 5) is 23.0. The summed E-state index contributed by atoms with van der Waals surface area (Å²) in [5.74, 6) is 0.827. The maximum Gasteiger partial charge on any atom is 0.412 e. The lowest BCUT2D eigenvalue weighted by Gasteiger charge is -2.15. The summed E-state index contributed by atoms with van der Waals surface area (Å²) in [6, 6.07) is 6.57. The van der Waals surface area contributed by atoms with E-state index in [1.807, 2.05) is 0 Å². The van der Waals surface area contributed by atoms with Crippen LogP contribution in [0.2, 0.25) is 0 Å². The molecule has 1 aromatic rings. The number of unbranched alkanes of at least 4 members (excludes halogenated alkanes) is 1. The molecule has 0 aliphatic carbocycles. The Morgan fingerprint density at radius 1 is 1.22 bits per heavy atom. The highest BCUT2D eigenvalue weighted by atomic mass is 16.6. The molecule has 6 heteroatoms. The largest absolute Gasteiger partial charge is 0.453 e. The average molecular weight is 322 g/mol. The van der Waals surface area contributed by atoms with Gasteiger partial charge in [-0.15, -0.1) is 0 Å². The van der Waals surface area contributed by atoms with Gasteiger partial charge in [0.05, 0.1) is 7.11 Å².